The number of rotatable bonds is 5. The second-order valence-electron chi connectivity index (χ2n) is 6.64. The van der Waals surface area contributed by atoms with Crippen LogP contribution in [-0.4, -0.2) is 42.4 Å². The van der Waals surface area contributed by atoms with Crippen molar-refractivity contribution in [1.82, 2.24) is 10.2 Å². The third-order valence-corrected chi connectivity index (χ3v) is 4.66. The number of amides is 2. The zero-order chi connectivity index (χ0) is 19.4. The minimum atomic E-state index is -0.548. The molecule has 2 unspecified atom stereocenters. The SMILES string of the molecule is CNC(=O)C1CC(N)CN1C(=O)c1cccc(NCc2ccc(F)cc2)c1. The van der Waals surface area contributed by atoms with Gasteiger partial charge in [0.25, 0.3) is 5.91 Å². The van der Waals surface area contributed by atoms with Crippen LogP contribution >= 0.6 is 0 Å². The fraction of sp³-hybridized carbons (Fsp3) is 0.300. The maximum absolute atomic E-state index is 13.0. The standard InChI is InChI=1S/C20H23FN4O2/c1-23-19(26)18-10-16(22)12-25(18)20(27)14-3-2-4-17(9-14)24-11-13-5-7-15(21)8-6-13/h2-9,16,18,24H,10-12,22H2,1H3,(H,23,26). The van der Waals surface area contributed by atoms with Gasteiger partial charge in [-0.05, 0) is 42.3 Å². The highest BCUT2D eigenvalue weighted by Crippen LogP contribution is 2.21. The lowest BCUT2D eigenvalue weighted by atomic mass is 10.1. The highest BCUT2D eigenvalue weighted by atomic mass is 19.1. The molecular formula is C20H23FN4O2. The molecule has 3 rings (SSSR count). The van der Waals surface area contributed by atoms with Crippen molar-refractivity contribution in [3.05, 3.63) is 65.5 Å². The molecule has 4 N–H and O–H groups in total. The third kappa shape index (κ3) is 4.43. The van der Waals surface area contributed by atoms with Crippen molar-refractivity contribution in [2.75, 3.05) is 18.9 Å². The molecule has 0 saturated carbocycles. The summed E-state index contributed by atoms with van der Waals surface area (Å²) in [7, 11) is 1.55. The highest BCUT2D eigenvalue weighted by molar-refractivity contribution is 5.98. The molecule has 0 radical (unpaired) electrons. The van der Waals surface area contributed by atoms with Crippen LogP contribution in [-0.2, 0) is 11.3 Å². The Morgan fingerprint density at radius 1 is 1.22 bits per heavy atom. The molecule has 0 bridgehead atoms. The second-order valence-corrected chi connectivity index (χ2v) is 6.64. The van der Waals surface area contributed by atoms with Gasteiger partial charge in [0.1, 0.15) is 11.9 Å². The highest BCUT2D eigenvalue weighted by Gasteiger charge is 2.38. The van der Waals surface area contributed by atoms with Crippen LogP contribution in [0.15, 0.2) is 48.5 Å². The van der Waals surface area contributed by atoms with Gasteiger partial charge in [0, 0.05) is 37.4 Å². The molecule has 0 aromatic heterocycles. The third-order valence-electron chi connectivity index (χ3n) is 4.66. The maximum Gasteiger partial charge on any atom is 0.254 e. The number of hydrogen-bond donors (Lipinski definition) is 3. The molecule has 2 amide bonds. The Balaban J connectivity index is 1.71. The van der Waals surface area contributed by atoms with Crippen LogP contribution in [0.1, 0.15) is 22.3 Å². The average Bonchev–Trinajstić information content (AvgIpc) is 3.08. The second kappa shape index (κ2) is 8.18. The van der Waals surface area contributed by atoms with E-state index in [0.717, 1.165) is 11.3 Å². The molecule has 2 aromatic carbocycles. The topological polar surface area (TPSA) is 87.5 Å². The molecule has 2 aromatic rings. The van der Waals surface area contributed by atoms with E-state index in [1.54, 1.807) is 37.4 Å². The largest absolute Gasteiger partial charge is 0.381 e. The summed E-state index contributed by atoms with van der Waals surface area (Å²) in [5.41, 5.74) is 8.15. The summed E-state index contributed by atoms with van der Waals surface area (Å²) in [6.07, 6.45) is 0.452. The van der Waals surface area contributed by atoms with Gasteiger partial charge in [0.2, 0.25) is 5.91 Å². The number of nitrogens with one attached hydrogen (secondary N) is 2. The summed E-state index contributed by atoms with van der Waals surface area (Å²) >= 11 is 0. The van der Waals surface area contributed by atoms with Crippen molar-refractivity contribution in [1.29, 1.82) is 0 Å². The molecule has 1 heterocycles. The summed E-state index contributed by atoms with van der Waals surface area (Å²) in [6, 6.07) is 12.6. The van der Waals surface area contributed by atoms with Crippen molar-refractivity contribution in [2.24, 2.45) is 5.73 Å². The molecule has 27 heavy (non-hydrogen) atoms. The van der Waals surface area contributed by atoms with Crippen LogP contribution in [0.4, 0.5) is 10.1 Å². The Kier molecular flexibility index (Phi) is 5.71. The zero-order valence-electron chi connectivity index (χ0n) is 15.1. The Morgan fingerprint density at radius 3 is 2.67 bits per heavy atom. The number of carbonyl (C=O) groups excluding carboxylic acids is 2. The minimum Gasteiger partial charge on any atom is -0.381 e. The summed E-state index contributed by atoms with van der Waals surface area (Å²) < 4.78 is 13.0. The number of nitrogens with two attached hydrogens (primary N) is 1. The van der Waals surface area contributed by atoms with Gasteiger partial charge in [0.05, 0.1) is 0 Å². The van der Waals surface area contributed by atoms with Crippen molar-refractivity contribution < 1.29 is 14.0 Å². The van der Waals surface area contributed by atoms with E-state index in [-0.39, 0.29) is 23.7 Å². The van der Waals surface area contributed by atoms with E-state index in [9.17, 15) is 14.0 Å². The first-order valence-electron chi connectivity index (χ1n) is 8.84. The lowest BCUT2D eigenvalue weighted by Crippen LogP contribution is -2.45. The van der Waals surface area contributed by atoms with Gasteiger partial charge in [-0.3, -0.25) is 9.59 Å². The minimum absolute atomic E-state index is 0.207. The molecule has 1 aliphatic rings. The monoisotopic (exact) mass is 370 g/mol. The zero-order valence-corrected chi connectivity index (χ0v) is 15.1. The first kappa shape index (κ1) is 18.8. The van der Waals surface area contributed by atoms with E-state index < -0.39 is 6.04 Å². The molecular weight excluding hydrogens is 347 g/mol. The lowest BCUT2D eigenvalue weighted by molar-refractivity contribution is -0.124. The van der Waals surface area contributed by atoms with Crippen molar-refractivity contribution in [3.63, 3.8) is 0 Å². The first-order valence-corrected chi connectivity index (χ1v) is 8.84. The van der Waals surface area contributed by atoms with Crippen LogP contribution in [0, 0.1) is 5.82 Å². The summed E-state index contributed by atoms with van der Waals surface area (Å²) in [5.74, 6) is -0.704. The van der Waals surface area contributed by atoms with Gasteiger partial charge >= 0.3 is 0 Å². The van der Waals surface area contributed by atoms with Crippen molar-refractivity contribution in [2.45, 2.75) is 25.0 Å². The Morgan fingerprint density at radius 2 is 1.96 bits per heavy atom. The molecule has 1 aliphatic heterocycles. The molecule has 1 saturated heterocycles. The summed E-state index contributed by atoms with van der Waals surface area (Å²) in [6.45, 7) is 0.859. The fourth-order valence-electron chi connectivity index (χ4n) is 3.24. The molecule has 7 heteroatoms. The Labute approximate surface area is 157 Å². The van der Waals surface area contributed by atoms with Crippen LogP contribution in [0.5, 0.6) is 0 Å². The number of nitrogens with zero attached hydrogens (tertiary/aromatic N) is 1. The van der Waals surface area contributed by atoms with Gasteiger partial charge in [-0.25, -0.2) is 4.39 Å². The molecule has 0 spiro atoms. The van der Waals surface area contributed by atoms with Crippen LogP contribution in [0.25, 0.3) is 0 Å². The van der Waals surface area contributed by atoms with E-state index in [0.29, 0.717) is 25.1 Å². The maximum atomic E-state index is 13.0. The van der Waals surface area contributed by atoms with Gasteiger partial charge in [-0.15, -0.1) is 0 Å². The fourth-order valence-corrected chi connectivity index (χ4v) is 3.24. The predicted octanol–water partition coefficient (Wildman–Crippen LogP) is 1.73. The van der Waals surface area contributed by atoms with E-state index in [4.69, 9.17) is 5.73 Å². The van der Waals surface area contributed by atoms with Gasteiger partial charge in [-0.2, -0.15) is 0 Å². The molecule has 2 atom stereocenters. The summed E-state index contributed by atoms with van der Waals surface area (Å²) in [5, 5.41) is 5.81. The van der Waals surface area contributed by atoms with Gasteiger partial charge in [-0.1, -0.05) is 18.2 Å². The predicted molar refractivity (Wildman–Crippen MR) is 102 cm³/mol. The number of likely N-dealkylation sites (N-methyl/N-ethyl adjacent to an activating group) is 1. The number of halogens is 1. The van der Waals surface area contributed by atoms with Gasteiger partial charge in [0.15, 0.2) is 0 Å². The van der Waals surface area contributed by atoms with Crippen molar-refractivity contribution >= 4 is 17.5 Å². The van der Waals surface area contributed by atoms with Crippen molar-refractivity contribution in [3.8, 4) is 0 Å². The van der Waals surface area contributed by atoms with E-state index in [1.165, 1.54) is 17.0 Å². The molecule has 1 fully saturated rings. The lowest BCUT2D eigenvalue weighted by Gasteiger charge is -2.23. The number of anilines is 1. The number of likely N-dealkylation sites (tertiary alicyclic amines) is 1. The quantitative estimate of drug-likeness (QED) is 0.748. The van der Waals surface area contributed by atoms with Crippen LogP contribution in [0.2, 0.25) is 0 Å². The first-order chi connectivity index (χ1) is 13.0. The molecule has 0 aliphatic carbocycles. The normalized spacial score (nSPS) is 19.0. The van der Waals surface area contributed by atoms with Gasteiger partial charge < -0.3 is 21.3 Å². The van der Waals surface area contributed by atoms with Crippen LogP contribution < -0.4 is 16.4 Å². The van der Waals surface area contributed by atoms with E-state index >= 15 is 0 Å². The van der Waals surface area contributed by atoms with E-state index in [2.05, 4.69) is 10.6 Å². The smallest absolute Gasteiger partial charge is 0.254 e. The number of benzene rings is 2. The Bertz CT molecular complexity index is 825. The van der Waals surface area contributed by atoms with E-state index in [1.807, 2.05) is 6.07 Å². The average molecular weight is 370 g/mol. The van der Waals surface area contributed by atoms with Crippen LogP contribution in [0.3, 0.4) is 0 Å². The Hall–Kier alpha value is -2.93. The number of hydrogen-bond acceptors (Lipinski definition) is 4. The molecule has 6 nitrogen and oxygen atoms in total. The summed E-state index contributed by atoms with van der Waals surface area (Å²) in [4.78, 5) is 26.5. The number of carbonyl (C=O) groups is 2. The molecule has 142 valence electrons.